The minimum atomic E-state index is -2.22. The van der Waals surface area contributed by atoms with Crippen molar-refractivity contribution in [3.05, 3.63) is 11.6 Å². The number of esters is 6. The molecule has 0 aromatic rings. The Balaban J connectivity index is 2.07. The van der Waals surface area contributed by atoms with E-state index < -0.39 is 102 Å². The molecule has 13 heteroatoms. The second-order valence-electron chi connectivity index (χ2n) is 16.3. The normalized spacial score (nSPS) is 36.9. The van der Waals surface area contributed by atoms with Gasteiger partial charge in [0.2, 0.25) is 0 Å². The van der Waals surface area contributed by atoms with Gasteiger partial charge in [-0.1, -0.05) is 47.0 Å². The molecular formula is C39H58O13. The molecule has 4 aliphatic rings. The zero-order chi connectivity index (χ0) is 39.0. The minimum absolute atomic E-state index is 0.179. The third-order valence-electron chi connectivity index (χ3n) is 12.3. The van der Waals surface area contributed by atoms with E-state index in [1.807, 2.05) is 0 Å². The van der Waals surface area contributed by atoms with Gasteiger partial charge in [-0.25, -0.2) is 0 Å². The predicted molar refractivity (Wildman–Crippen MR) is 185 cm³/mol. The molecule has 0 aromatic heterocycles. The van der Waals surface area contributed by atoms with Crippen molar-refractivity contribution >= 4 is 35.8 Å². The molecular weight excluding hydrogens is 676 g/mol. The summed E-state index contributed by atoms with van der Waals surface area (Å²) in [6.45, 7) is 15.3. The van der Waals surface area contributed by atoms with E-state index in [0.29, 0.717) is 23.8 Å². The van der Waals surface area contributed by atoms with Gasteiger partial charge in [-0.05, 0) is 60.0 Å². The highest BCUT2D eigenvalue weighted by atomic mass is 16.6. The molecule has 3 saturated carbocycles. The highest BCUT2D eigenvalue weighted by Crippen LogP contribution is 2.71. The van der Waals surface area contributed by atoms with Crippen LogP contribution in [-0.2, 0) is 57.2 Å². The van der Waals surface area contributed by atoms with Crippen molar-refractivity contribution in [3.8, 4) is 0 Å². The van der Waals surface area contributed by atoms with Crippen LogP contribution >= 0.6 is 0 Å². The van der Waals surface area contributed by atoms with E-state index in [1.165, 1.54) is 34.6 Å². The fourth-order valence-electron chi connectivity index (χ4n) is 10.6. The van der Waals surface area contributed by atoms with Gasteiger partial charge in [0.1, 0.15) is 30.5 Å². The first-order valence-electron chi connectivity index (χ1n) is 18.6. The molecule has 13 nitrogen and oxygen atoms in total. The zero-order valence-electron chi connectivity index (χ0n) is 32.4. The summed E-state index contributed by atoms with van der Waals surface area (Å²) in [5, 5.41) is 13.8. The van der Waals surface area contributed by atoms with Crippen LogP contribution in [0.3, 0.4) is 0 Å². The summed E-state index contributed by atoms with van der Waals surface area (Å²) >= 11 is 0. The number of carbonyl (C=O) groups is 6. The monoisotopic (exact) mass is 734 g/mol. The number of rotatable bonds is 12. The molecule has 0 bridgehead atoms. The van der Waals surface area contributed by atoms with Gasteiger partial charge in [0, 0.05) is 54.4 Å². The summed E-state index contributed by atoms with van der Waals surface area (Å²) < 4.78 is 35.6. The molecule has 4 aliphatic carbocycles. The summed E-state index contributed by atoms with van der Waals surface area (Å²) in [6, 6.07) is 0. The average Bonchev–Trinajstić information content (AvgIpc) is 3.33. The molecule has 0 aliphatic heterocycles. The van der Waals surface area contributed by atoms with Crippen LogP contribution in [0.4, 0.5) is 0 Å². The third-order valence-corrected chi connectivity index (χ3v) is 12.3. The van der Waals surface area contributed by atoms with Crippen molar-refractivity contribution in [1.82, 2.24) is 0 Å². The Kier molecular flexibility index (Phi) is 12.3. The number of aliphatic hydroxyl groups is 1. The average molecular weight is 735 g/mol. The quantitative estimate of drug-likeness (QED) is 0.162. The van der Waals surface area contributed by atoms with Crippen molar-refractivity contribution < 1.29 is 62.3 Å². The maximum atomic E-state index is 13.8. The Morgan fingerprint density at radius 1 is 0.750 bits per heavy atom. The van der Waals surface area contributed by atoms with Crippen LogP contribution in [-0.4, -0.2) is 83.1 Å². The summed E-state index contributed by atoms with van der Waals surface area (Å²) in [7, 11) is 0. The molecule has 0 spiro atoms. The molecule has 292 valence electrons. The second kappa shape index (κ2) is 15.5. The SMILES string of the molecule is CC(=O)OC[C@]12C[C@@H](OC(C)=O)[C@H](OC(C)=O)C[C@]1(OC(C)=O)[C@H](OC(C)=O)C=C1[C@@H]3CC[C@H]([C@H](C)CCCC(C)C)[C@@]3(C)C[C@@H](OC(C)=O)[C@@]12O. The molecule has 4 rings (SSSR count). The molecule has 11 atom stereocenters. The maximum absolute atomic E-state index is 13.8. The van der Waals surface area contributed by atoms with E-state index in [0.717, 1.165) is 32.6 Å². The molecule has 3 fully saturated rings. The van der Waals surface area contributed by atoms with E-state index in [9.17, 15) is 33.9 Å². The van der Waals surface area contributed by atoms with Crippen molar-refractivity contribution in [2.45, 2.75) is 156 Å². The fourth-order valence-corrected chi connectivity index (χ4v) is 10.6. The van der Waals surface area contributed by atoms with Crippen LogP contribution in [0.1, 0.15) is 121 Å². The Morgan fingerprint density at radius 2 is 1.33 bits per heavy atom. The Hall–Kier alpha value is -3.48. The molecule has 0 aromatic carbocycles. The molecule has 0 amide bonds. The summed E-state index contributed by atoms with van der Waals surface area (Å²) in [4.78, 5) is 76.8. The zero-order valence-corrected chi connectivity index (χ0v) is 32.4. The predicted octanol–water partition coefficient (Wildman–Crippen LogP) is 4.93. The van der Waals surface area contributed by atoms with E-state index >= 15 is 0 Å². The molecule has 1 N–H and O–H groups in total. The molecule has 0 radical (unpaired) electrons. The summed E-state index contributed by atoms with van der Waals surface area (Å²) in [5.74, 6) is -3.70. The maximum Gasteiger partial charge on any atom is 0.303 e. The highest BCUT2D eigenvalue weighted by Gasteiger charge is 2.81. The van der Waals surface area contributed by atoms with E-state index in [1.54, 1.807) is 6.08 Å². The lowest BCUT2D eigenvalue weighted by atomic mass is 9.41. The van der Waals surface area contributed by atoms with E-state index in [4.69, 9.17) is 28.4 Å². The van der Waals surface area contributed by atoms with Crippen LogP contribution in [0.25, 0.3) is 0 Å². The van der Waals surface area contributed by atoms with Crippen LogP contribution in [0, 0.1) is 34.5 Å². The highest BCUT2D eigenvalue weighted by molar-refractivity contribution is 5.71. The van der Waals surface area contributed by atoms with Crippen molar-refractivity contribution in [2.75, 3.05) is 6.61 Å². The van der Waals surface area contributed by atoms with Crippen molar-refractivity contribution in [2.24, 2.45) is 34.5 Å². The van der Waals surface area contributed by atoms with Crippen LogP contribution in [0.2, 0.25) is 0 Å². The van der Waals surface area contributed by atoms with Crippen molar-refractivity contribution in [3.63, 3.8) is 0 Å². The van der Waals surface area contributed by atoms with Gasteiger partial charge < -0.3 is 33.5 Å². The Morgan fingerprint density at radius 3 is 1.85 bits per heavy atom. The number of hydrogen-bond donors (Lipinski definition) is 1. The van der Waals surface area contributed by atoms with Gasteiger partial charge in [-0.3, -0.25) is 28.8 Å². The second-order valence-corrected chi connectivity index (χ2v) is 16.3. The van der Waals surface area contributed by atoms with Gasteiger partial charge in [-0.15, -0.1) is 0 Å². The Labute approximate surface area is 306 Å². The van der Waals surface area contributed by atoms with Crippen molar-refractivity contribution in [1.29, 1.82) is 0 Å². The van der Waals surface area contributed by atoms with Crippen LogP contribution in [0.5, 0.6) is 0 Å². The molecule has 0 saturated heterocycles. The van der Waals surface area contributed by atoms with Crippen LogP contribution in [0.15, 0.2) is 11.6 Å². The van der Waals surface area contributed by atoms with Gasteiger partial charge in [0.15, 0.2) is 11.7 Å². The topological polar surface area (TPSA) is 178 Å². The summed E-state index contributed by atoms with van der Waals surface area (Å²) in [5.41, 5.74) is -6.35. The first-order chi connectivity index (χ1) is 24.1. The molecule has 0 unspecified atom stereocenters. The Bertz CT molecular complexity index is 1450. The molecule has 0 heterocycles. The van der Waals surface area contributed by atoms with Gasteiger partial charge in [0.25, 0.3) is 0 Å². The first kappa shape index (κ1) is 41.3. The van der Waals surface area contributed by atoms with Crippen LogP contribution < -0.4 is 0 Å². The molecule has 52 heavy (non-hydrogen) atoms. The lowest BCUT2D eigenvalue weighted by Gasteiger charge is -2.68. The largest absolute Gasteiger partial charge is 0.465 e. The fraction of sp³-hybridized carbons (Fsp3) is 0.795. The van der Waals surface area contributed by atoms with E-state index in [-0.39, 0.29) is 18.3 Å². The van der Waals surface area contributed by atoms with E-state index in [2.05, 4.69) is 27.7 Å². The number of hydrogen-bond acceptors (Lipinski definition) is 13. The standard InChI is InChI=1S/C39H58O13/c1-21(2)12-11-13-22(3)29-14-15-30-31-16-34(50-26(7)43)38(52-28(9)45)18-33(49-25(6)42)32(48-24(5)41)17-37(38,20-47-23(4)40)39(31,46)35(51-27(8)44)19-36(29,30)10/h16,21-22,29-30,32-35,46H,11-15,17-20H2,1-10H3/t22-,29-,30+,32-,33-,34-,35-,36-,37-,38+,39+/m1/s1. The van der Waals surface area contributed by atoms with Gasteiger partial charge in [0.05, 0.1) is 5.41 Å². The number of ether oxygens (including phenoxy) is 6. The number of fused-ring (bicyclic) bond motifs is 5. The minimum Gasteiger partial charge on any atom is -0.465 e. The number of carbonyl (C=O) groups excluding carboxylic acids is 6. The lowest BCUT2D eigenvalue weighted by Crippen LogP contribution is -2.81. The first-order valence-corrected chi connectivity index (χ1v) is 18.6. The van der Waals surface area contributed by atoms with Gasteiger partial charge >= 0.3 is 35.8 Å². The smallest absolute Gasteiger partial charge is 0.303 e. The summed E-state index contributed by atoms with van der Waals surface area (Å²) in [6.07, 6.45) is 0.464. The third kappa shape index (κ3) is 7.48. The van der Waals surface area contributed by atoms with Gasteiger partial charge in [-0.2, -0.15) is 0 Å². The lowest BCUT2D eigenvalue weighted by molar-refractivity contribution is -0.318.